The number of primary amides is 1. The minimum atomic E-state index is -0.396. The number of ether oxygens (including phenoxy) is 1. The van der Waals surface area contributed by atoms with Crippen LogP contribution >= 0.6 is 0 Å². The molecule has 0 aliphatic carbocycles. The number of carbonyl (C=O) groups is 1. The molecule has 1 amide bonds. The third-order valence-corrected chi connectivity index (χ3v) is 3.59. The van der Waals surface area contributed by atoms with E-state index in [9.17, 15) is 4.79 Å². The number of imidazole rings is 1. The SMILES string of the molecule is C/C=C(\C)c1cn(CC(N)=O)c(/C=C/c2ccc(OCC)cc2)n1. The lowest BCUT2D eigenvalue weighted by Crippen LogP contribution is -2.18. The molecular formula is C19H23N3O2. The summed E-state index contributed by atoms with van der Waals surface area (Å²) in [5.74, 6) is 1.14. The highest BCUT2D eigenvalue weighted by molar-refractivity contribution is 5.75. The molecule has 0 bridgehead atoms. The molecule has 2 rings (SSSR count). The fraction of sp³-hybridized carbons (Fsp3) is 0.263. The number of allylic oxidation sites excluding steroid dienone is 2. The maximum absolute atomic E-state index is 11.3. The Morgan fingerprint density at radius 1 is 1.29 bits per heavy atom. The third-order valence-electron chi connectivity index (χ3n) is 3.59. The Morgan fingerprint density at radius 2 is 2.00 bits per heavy atom. The summed E-state index contributed by atoms with van der Waals surface area (Å²) in [6, 6.07) is 7.80. The van der Waals surface area contributed by atoms with Crippen molar-refractivity contribution in [2.24, 2.45) is 5.73 Å². The second-order valence-electron chi connectivity index (χ2n) is 5.39. The third kappa shape index (κ3) is 4.59. The van der Waals surface area contributed by atoms with Crippen molar-refractivity contribution in [1.29, 1.82) is 0 Å². The first-order valence-corrected chi connectivity index (χ1v) is 7.93. The van der Waals surface area contributed by atoms with Gasteiger partial charge in [0.25, 0.3) is 0 Å². The number of hydrogen-bond acceptors (Lipinski definition) is 3. The molecule has 24 heavy (non-hydrogen) atoms. The zero-order chi connectivity index (χ0) is 17.5. The summed E-state index contributed by atoms with van der Waals surface area (Å²) in [5.41, 5.74) is 8.24. The maximum Gasteiger partial charge on any atom is 0.237 e. The van der Waals surface area contributed by atoms with Gasteiger partial charge in [0, 0.05) is 6.20 Å². The Hall–Kier alpha value is -2.82. The highest BCUT2D eigenvalue weighted by Gasteiger charge is 2.08. The van der Waals surface area contributed by atoms with Crippen LogP contribution in [0.4, 0.5) is 0 Å². The number of benzene rings is 1. The molecule has 0 saturated carbocycles. The van der Waals surface area contributed by atoms with Gasteiger partial charge in [-0.25, -0.2) is 4.98 Å². The van der Waals surface area contributed by atoms with Crippen molar-refractivity contribution < 1.29 is 9.53 Å². The van der Waals surface area contributed by atoms with Gasteiger partial charge in [-0.3, -0.25) is 4.79 Å². The van der Waals surface area contributed by atoms with Gasteiger partial charge >= 0.3 is 0 Å². The van der Waals surface area contributed by atoms with E-state index in [1.165, 1.54) is 0 Å². The van der Waals surface area contributed by atoms with Crippen LogP contribution in [0.1, 0.15) is 37.9 Å². The summed E-state index contributed by atoms with van der Waals surface area (Å²) in [7, 11) is 0. The van der Waals surface area contributed by atoms with Gasteiger partial charge in [-0.15, -0.1) is 0 Å². The quantitative estimate of drug-likeness (QED) is 0.848. The first-order valence-electron chi connectivity index (χ1n) is 7.93. The fourth-order valence-corrected chi connectivity index (χ4v) is 2.21. The van der Waals surface area contributed by atoms with E-state index >= 15 is 0 Å². The van der Waals surface area contributed by atoms with Crippen LogP contribution in [0.15, 0.2) is 36.5 Å². The Morgan fingerprint density at radius 3 is 2.58 bits per heavy atom. The average Bonchev–Trinajstić information content (AvgIpc) is 2.96. The van der Waals surface area contributed by atoms with E-state index in [2.05, 4.69) is 4.98 Å². The summed E-state index contributed by atoms with van der Waals surface area (Å²) >= 11 is 0. The van der Waals surface area contributed by atoms with Crippen molar-refractivity contribution in [3.8, 4) is 5.75 Å². The standard InChI is InChI=1S/C19H23N3O2/c1-4-14(3)17-12-22(13-18(20)23)19(21-17)11-8-15-6-9-16(10-7-15)24-5-2/h4,6-12H,5,13H2,1-3H3,(H2,20,23)/b11-8+,14-4+. The lowest BCUT2D eigenvalue weighted by Gasteiger charge is -2.03. The van der Waals surface area contributed by atoms with Gasteiger partial charge in [0.15, 0.2) is 0 Å². The summed E-state index contributed by atoms with van der Waals surface area (Å²) in [5, 5.41) is 0. The molecule has 0 atom stereocenters. The number of amides is 1. The molecule has 1 heterocycles. The lowest BCUT2D eigenvalue weighted by atomic mass is 10.2. The van der Waals surface area contributed by atoms with Crippen LogP contribution in [-0.2, 0) is 11.3 Å². The van der Waals surface area contributed by atoms with Gasteiger partial charge in [0.1, 0.15) is 18.1 Å². The molecule has 5 nitrogen and oxygen atoms in total. The van der Waals surface area contributed by atoms with Gasteiger partial charge in [0.05, 0.1) is 12.3 Å². The maximum atomic E-state index is 11.3. The molecule has 0 radical (unpaired) electrons. The molecular weight excluding hydrogens is 302 g/mol. The molecule has 126 valence electrons. The minimum absolute atomic E-state index is 0.104. The molecule has 0 aliphatic rings. The molecule has 0 saturated heterocycles. The van der Waals surface area contributed by atoms with Crippen LogP contribution < -0.4 is 10.5 Å². The van der Waals surface area contributed by atoms with Gasteiger partial charge in [0.2, 0.25) is 5.91 Å². The lowest BCUT2D eigenvalue weighted by molar-refractivity contribution is -0.118. The molecule has 0 unspecified atom stereocenters. The minimum Gasteiger partial charge on any atom is -0.494 e. The van der Waals surface area contributed by atoms with Crippen molar-refractivity contribution >= 4 is 23.6 Å². The fourth-order valence-electron chi connectivity index (χ4n) is 2.21. The van der Waals surface area contributed by atoms with E-state index in [0.717, 1.165) is 22.6 Å². The number of hydrogen-bond donors (Lipinski definition) is 1. The Bertz CT molecular complexity index is 755. The Labute approximate surface area is 142 Å². The van der Waals surface area contributed by atoms with Crippen LogP contribution in [0.3, 0.4) is 0 Å². The van der Waals surface area contributed by atoms with Crippen LogP contribution in [0.2, 0.25) is 0 Å². The highest BCUT2D eigenvalue weighted by atomic mass is 16.5. The van der Waals surface area contributed by atoms with E-state index in [1.54, 1.807) is 4.57 Å². The number of rotatable bonds is 7. The van der Waals surface area contributed by atoms with Crippen molar-refractivity contribution in [2.45, 2.75) is 27.3 Å². The summed E-state index contributed by atoms with van der Waals surface area (Å²) in [6.07, 6.45) is 7.66. The number of nitrogens with two attached hydrogens (primary N) is 1. The van der Waals surface area contributed by atoms with Crippen LogP contribution in [-0.4, -0.2) is 22.1 Å². The molecule has 1 aromatic heterocycles. The van der Waals surface area contributed by atoms with E-state index in [1.807, 2.05) is 69.5 Å². The predicted molar refractivity (Wildman–Crippen MR) is 97.3 cm³/mol. The highest BCUT2D eigenvalue weighted by Crippen LogP contribution is 2.17. The second kappa shape index (κ2) is 8.15. The van der Waals surface area contributed by atoms with E-state index in [0.29, 0.717) is 12.4 Å². The van der Waals surface area contributed by atoms with Crippen LogP contribution in [0, 0.1) is 0 Å². The smallest absolute Gasteiger partial charge is 0.237 e. The first-order chi connectivity index (χ1) is 11.5. The molecule has 0 spiro atoms. The van der Waals surface area contributed by atoms with Crippen molar-refractivity contribution in [2.75, 3.05) is 6.61 Å². The summed E-state index contributed by atoms with van der Waals surface area (Å²) in [4.78, 5) is 15.8. The van der Waals surface area contributed by atoms with Gasteiger partial charge in [-0.1, -0.05) is 24.3 Å². The van der Waals surface area contributed by atoms with Gasteiger partial charge in [-0.05, 0) is 50.1 Å². The zero-order valence-corrected chi connectivity index (χ0v) is 14.3. The van der Waals surface area contributed by atoms with Crippen molar-refractivity contribution in [3.05, 3.63) is 53.6 Å². The first kappa shape index (κ1) is 17.5. The molecule has 2 aromatic rings. The molecule has 0 fully saturated rings. The number of aromatic nitrogens is 2. The molecule has 2 N–H and O–H groups in total. The van der Waals surface area contributed by atoms with Crippen molar-refractivity contribution in [1.82, 2.24) is 9.55 Å². The van der Waals surface area contributed by atoms with E-state index in [-0.39, 0.29) is 6.54 Å². The molecule has 5 heteroatoms. The summed E-state index contributed by atoms with van der Waals surface area (Å²) in [6.45, 7) is 6.64. The second-order valence-corrected chi connectivity index (χ2v) is 5.39. The van der Waals surface area contributed by atoms with Gasteiger partial charge in [-0.2, -0.15) is 0 Å². The van der Waals surface area contributed by atoms with Crippen molar-refractivity contribution in [3.63, 3.8) is 0 Å². The zero-order valence-electron chi connectivity index (χ0n) is 14.3. The predicted octanol–water partition coefficient (Wildman–Crippen LogP) is 3.36. The molecule has 1 aromatic carbocycles. The average molecular weight is 325 g/mol. The van der Waals surface area contributed by atoms with Crippen LogP contribution in [0.25, 0.3) is 17.7 Å². The normalized spacial score (nSPS) is 11.9. The topological polar surface area (TPSA) is 70.1 Å². The molecule has 0 aliphatic heterocycles. The number of carbonyl (C=O) groups excluding carboxylic acids is 1. The van der Waals surface area contributed by atoms with E-state index < -0.39 is 5.91 Å². The van der Waals surface area contributed by atoms with Gasteiger partial charge < -0.3 is 15.0 Å². The Kier molecular flexibility index (Phi) is 5.95. The number of nitrogens with zero attached hydrogens (tertiary/aromatic N) is 2. The monoisotopic (exact) mass is 325 g/mol. The largest absolute Gasteiger partial charge is 0.494 e. The Balaban J connectivity index is 2.26. The van der Waals surface area contributed by atoms with Crippen LogP contribution in [0.5, 0.6) is 5.75 Å². The van der Waals surface area contributed by atoms with E-state index in [4.69, 9.17) is 10.5 Å². The summed E-state index contributed by atoms with van der Waals surface area (Å²) < 4.78 is 7.19.